The van der Waals surface area contributed by atoms with Gasteiger partial charge in [0.1, 0.15) is 0 Å². The second-order valence-electron chi connectivity index (χ2n) is 10.3. The molecule has 0 N–H and O–H groups in total. The van der Waals surface area contributed by atoms with Gasteiger partial charge in [0.25, 0.3) is 0 Å². The van der Waals surface area contributed by atoms with Crippen molar-refractivity contribution >= 4 is 21.8 Å². The molecule has 0 bridgehead atoms. The molecule has 0 spiro atoms. The van der Waals surface area contributed by atoms with E-state index in [9.17, 15) is 0 Å². The maximum atomic E-state index is 2.36. The number of nitrogens with zero attached hydrogens (tertiary/aromatic N) is 1. The summed E-state index contributed by atoms with van der Waals surface area (Å²) in [4.78, 5) is 0. The number of benzene rings is 5. The van der Waals surface area contributed by atoms with Crippen LogP contribution in [-0.2, 0) is 5.41 Å². The summed E-state index contributed by atoms with van der Waals surface area (Å²) in [6, 6.07) is 44.1. The lowest BCUT2D eigenvalue weighted by Gasteiger charge is -2.19. The quantitative estimate of drug-likeness (QED) is 0.252. The predicted octanol–water partition coefficient (Wildman–Crippen LogP) is 9.42. The van der Waals surface area contributed by atoms with E-state index >= 15 is 0 Å². The third-order valence-electron chi connectivity index (χ3n) is 6.97. The molecule has 0 unspecified atom stereocenters. The lowest BCUT2D eigenvalue weighted by Crippen LogP contribution is -2.10. The molecule has 170 valence electrons. The highest BCUT2D eigenvalue weighted by Crippen LogP contribution is 2.36. The van der Waals surface area contributed by atoms with E-state index in [0.717, 1.165) is 0 Å². The first kappa shape index (κ1) is 21.4. The number of para-hydroxylation sites is 2. The Bertz CT molecular complexity index is 1650. The van der Waals surface area contributed by atoms with Gasteiger partial charge in [0, 0.05) is 16.5 Å². The van der Waals surface area contributed by atoms with E-state index in [4.69, 9.17) is 0 Å². The molecule has 1 heteroatoms. The van der Waals surface area contributed by atoms with E-state index in [-0.39, 0.29) is 5.41 Å². The van der Waals surface area contributed by atoms with Gasteiger partial charge < -0.3 is 4.57 Å². The Kier molecular flexibility index (Phi) is 5.07. The molecule has 35 heavy (non-hydrogen) atoms. The molecule has 0 aliphatic heterocycles. The number of hydrogen-bond donors (Lipinski definition) is 0. The second-order valence-corrected chi connectivity index (χ2v) is 10.3. The topological polar surface area (TPSA) is 4.93 Å². The van der Waals surface area contributed by atoms with Gasteiger partial charge in [0.2, 0.25) is 0 Å². The molecule has 0 atom stereocenters. The molecular weight excluding hydrogens is 422 g/mol. The third-order valence-corrected chi connectivity index (χ3v) is 6.97. The monoisotopic (exact) mass is 451 g/mol. The predicted molar refractivity (Wildman–Crippen MR) is 150 cm³/mol. The van der Waals surface area contributed by atoms with Crippen LogP contribution in [-0.4, -0.2) is 4.57 Å². The van der Waals surface area contributed by atoms with Crippen molar-refractivity contribution in [3.8, 4) is 27.9 Å². The maximum absolute atomic E-state index is 2.36. The average molecular weight is 452 g/mol. The lowest BCUT2D eigenvalue weighted by atomic mass is 9.86. The van der Waals surface area contributed by atoms with Crippen LogP contribution in [0.25, 0.3) is 49.7 Å². The summed E-state index contributed by atoms with van der Waals surface area (Å²) >= 11 is 0. The molecule has 1 aromatic heterocycles. The molecule has 0 saturated heterocycles. The number of aromatic nitrogens is 1. The standard InChI is InChI=1S/C34H29N/c1-34(2,3)28-19-16-24(17-20-28)25-10-9-11-26(22-25)27-18-21-33-31(23-27)30-14-7-8-15-32(30)35(33)29-12-5-4-6-13-29/h4-23H,1-3H3. The van der Waals surface area contributed by atoms with E-state index in [0.29, 0.717) is 0 Å². The van der Waals surface area contributed by atoms with Gasteiger partial charge in [-0.25, -0.2) is 0 Å². The van der Waals surface area contributed by atoms with Crippen molar-refractivity contribution in [3.05, 3.63) is 127 Å². The molecule has 6 rings (SSSR count). The largest absolute Gasteiger partial charge is 0.309 e. The second kappa shape index (κ2) is 8.29. The van der Waals surface area contributed by atoms with Crippen LogP contribution in [0.4, 0.5) is 0 Å². The Labute approximate surface area is 207 Å². The van der Waals surface area contributed by atoms with Gasteiger partial charge in [-0.1, -0.05) is 106 Å². The van der Waals surface area contributed by atoms with Crippen molar-refractivity contribution in [3.63, 3.8) is 0 Å². The molecule has 5 aromatic carbocycles. The first-order valence-corrected chi connectivity index (χ1v) is 12.3. The molecular formula is C34H29N. The summed E-state index contributed by atoms with van der Waals surface area (Å²) in [5, 5.41) is 2.56. The summed E-state index contributed by atoms with van der Waals surface area (Å²) in [5.74, 6) is 0. The average Bonchev–Trinajstić information content (AvgIpc) is 3.22. The van der Waals surface area contributed by atoms with Crippen molar-refractivity contribution in [2.45, 2.75) is 26.2 Å². The summed E-state index contributed by atoms with van der Waals surface area (Å²) in [6.45, 7) is 6.77. The van der Waals surface area contributed by atoms with Gasteiger partial charge in [-0.15, -0.1) is 0 Å². The van der Waals surface area contributed by atoms with Crippen molar-refractivity contribution in [2.75, 3.05) is 0 Å². The summed E-state index contributed by atoms with van der Waals surface area (Å²) < 4.78 is 2.36. The van der Waals surface area contributed by atoms with E-state index in [2.05, 4.69) is 147 Å². The molecule has 0 aliphatic carbocycles. The molecule has 1 heterocycles. The van der Waals surface area contributed by atoms with Crippen LogP contribution in [0.5, 0.6) is 0 Å². The summed E-state index contributed by atoms with van der Waals surface area (Å²) in [7, 11) is 0. The fourth-order valence-corrected chi connectivity index (χ4v) is 5.05. The van der Waals surface area contributed by atoms with Crippen molar-refractivity contribution < 1.29 is 0 Å². The van der Waals surface area contributed by atoms with Gasteiger partial charge in [-0.2, -0.15) is 0 Å². The highest BCUT2D eigenvalue weighted by atomic mass is 15.0. The SMILES string of the molecule is CC(C)(C)c1ccc(-c2cccc(-c3ccc4c(c3)c3ccccc3n4-c3ccccc3)c2)cc1. The van der Waals surface area contributed by atoms with Crippen LogP contribution in [0.1, 0.15) is 26.3 Å². The van der Waals surface area contributed by atoms with E-state index in [1.165, 1.54) is 55.3 Å². The molecule has 0 amide bonds. The summed E-state index contributed by atoms with van der Waals surface area (Å²) in [5.41, 5.74) is 10.1. The van der Waals surface area contributed by atoms with Gasteiger partial charge in [-0.05, 0) is 69.6 Å². The minimum atomic E-state index is 0.161. The zero-order chi connectivity index (χ0) is 24.0. The van der Waals surface area contributed by atoms with E-state index in [1.807, 2.05) is 0 Å². The Hall–Kier alpha value is -4.10. The number of fused-ring (bicyclic) bond motifs is 3. The Morgan fingerprint density at radius 2 is 1.06 bits per heavy atom. The Morgan fingerprint density at radius 3 is 1.80 bits per heavy atom. The van der Waals surface area contributed by atoms with Crippen LogP contribution in [0.3, 0.4) is 0 Å². The Balaban J connectivity index is 1.46. The Morgan fingerprint density at radius 1 is 0.457 bits per heavy atom. The first-order chi connectivity index (χ1) is 17.0. The first-order valence-electron chi connectivity index (χ1n) is 12.3. The smallest absolute Gasteiger partial charge is 0.0541 e. The van der Waals surface area contributed by atoms with Crippen molar-refractivity contribution in [1.82, 2.24) is 4.57 Å². The van der Waals surface area contributed by atoms with Crippen LogP contribution in [0, 0.1) is 0 Å². The molecule has 1 nitrogen and oxygen atoms in total. The molecule has 0 aliphatic rings. The molecule has 6 aromatic rings. The van der Waals surface area contributed by atoms with Gasteiger partial charge in [-0.3, -0.25) is 0 Å². The maximum Gasteiger partial charge on any atom is 0.0541 e. The minimum absolute atomic E-state index is 0.161. The highest BCUT2D eigenvalue weighted by molar-refractivity contribution is 6.10. The van der Waals surface area contributed by atoms with Gasteiger partial charge in [0.05, 0.1) is 11.0 Å². The number of hydrogen-bond acceptors (Lipinski definition) is 0. The van der Waals surface area contributed by atoms with Crippen molar-refractivity contribution in [1.29, 1.82) is 0 Å². The fourth-order valence-electron chi connectivity index (χ4n) is 5.05. The lowest BCUT2D eigenvalue weighted by molar-refractivity contribution is 0.590. The van der Waals surface area contributed by atoms with Crippen LogP contribution >= 0.6 is 0 Å². The molecule has 0 saturated carbocycles. The van der Waals surface area contributed by atoms with Gasteiger partial charge >= 0.3 is 0 Å². The normalized spacial score (nSPS) is 11.9. The molecule has 0 fully saturated rings. The minimum Gasteiger partial charge on any atom is -0.309 e. The highest BCUT2D eigenvalue weighted by Gasteiger charge is 2.14. The fraction of sp³-hybridized carbons (Fsp3) is 0.118. The van der Waals surface area contributed by atoms with Crippen LogP contribution < -0.4 is 0 Å². The molecule has 0 radical (unpaired) electrons. The van der Waals surface area contributed by atoms with E-state index < -0.39 is 0 Å². The number of rotatable bonds is 3. The van der Waals surface area contributed by atoms with Crippen LogP contribution in [0.15, 0.2) is 121 Å². The van der Waals surface area contributed by atoms with E-state index in [1.54, 1.807) is 0 Å². The van der Waals surface area contributed by atoms with Crippen molar-refractivity contribution in [2.24, 2.45) is 0 Å². The third kappa shape index (κ3) is 3.84. The summed E-state index contributed by atoms with van der Waals surface area (Å²) in [6.07, 6.45) is 0. The van der Waals surface area contributed by atoms with Crippen LogP contribution in [0.2, 0.25) is 0 Å². The zero-order valence-electron chi connectivity index (χ0n) is 20.5. The van der Waals surface area contributed by atoms with Gasteiger partial charge in [0.15, 0.2) is 0 Å². The zero-order valence-corrected chi connectivity index (χ0v) is 20.5.